The van der Waals surface area contributed by atoms with Crippen LogP contribution >= 0.6 is 11.8 Å². The molecule has 1 amide bonds. The molecular weight excluding hydrogens is 398 g/mol. The number of methoxy groups -OCH3 is 1. The smallest absolute Gasteiger partial charge is 0.262 e. The van der Waals surface area contributed by atoms with E-state index in [0.29, 0.717) is 29.2 Å². The fraction of sp³-hybridized carbons (Fsp3) is 0.609. The second-order valence-corrected chi connectivity index (χ2v) is 9.12. The van der Waals surface area contributed by atoms with Gasteiger partial charge in [0.1, 0.15) is 0 Å². The number of hydrogen-bond donors (Lipinski definition) is 1. The van der Waals surface area contributed by atoms with Crippen LogP contribution in [-0.2, 0) is 16.1 Å². The number of thioether (sulfide) groups is 1. The quantitative estimate of drug-likeness (QED) is 0.290. The van der Waals surface area contributed by atoms with Crippen LogP contribution in [0.2, 0.25) is 0 Å². The van der Waals surface area contributed by atoms with Crippen LogP contribution in [0.5, 0.6) is 0 Å². The largest absolute Gasteiger partial charge is 0.383 e. The van der Waals surface area contributed by atoms with E-state index in [1.54, 1.807) is 11.7 Å². The Labute approximate surface area is 183 Å². The highest BCUT2D eigenvalue weighted by atomic mass is 32.2. The van der Waals surface area contributed by atoms with Gasteiger partial charge in [-0.1, -0.05) is 63.4 Å². The van der Waals surface area contributed by atoms with E-state index in [1.807, 2.05) is 31.2 Å². The van der Waals surface area contributed by atoms with E-state index >= 15 is 0 Å². The lowest BCUT2D eigenvalue weighted by molar-refractivity contribution is -0.119. The van der Waals surface area contributed by atoms with E-state index < -0.39 is 0 Å². The Morgan fingerprint density at radius 1 is 1.17 bits per heavy atom. The lowest BCUT2D eigenvalue weighted by Gasteiger charge is -2.15. The Morgan fingerprint density at radius 2 is 1.90 bits per heavy atom. The number of aromatic nitrogens is 2. The fourth-order valence-electron chi connectivity index (χ4n) is 3.37. The summed E-state index contributed by atoms with van der Waals surface area (Å²) < 4.78 is 6.79. The monoisotopic (exact) mass is 433 g/mol. The van der Waals surface area contributed by atoms with Crippen molar-refractivity contribution < 1.29 is 9.53 Å². The van der Waals surface area contributed by atoms with Gasteiger partial charge in [-0.05, 0) is 31.4 Å². The zero-order valence-corrected chi connectivity index (χ0v) is 19.5. The minimum Gasteiger partial charge on any atom is -0.383 e. The molecule has 30 heavy (non-hydrogen) atoms. The van der Waals surface area contributed by atoms with Crippen LogP contribution in [0, 0.1) is 5.92 Å². The Morgan fingerprint density at radius 3 is 2.63 bits per heavy atom. The van der Waals surface area contributed by atoms with Crippen molar-refractivity contribution in [1.29, 1.82) is 0 Å². The maximum absolute atomic E-state index is 13.1. The molecule has 1 aromatic heterocycles. The zero-order valence-electron chi connectivity index (χ0n) is 18.6. The lowest BCUT2D eigenvalue weighted by atomic mass is 10.0. The molecular formula is C23H35N3O3S. The number of para-hydroxylation sites is 1. The molecule has 166 valence electrons. The Balaban J connectivity index is 2.07. The van der Waals surface area contributed by atoms with Gasteiger partial charge in [0.05, 0.1) is 23.3 Å². The van der Waals surface area contributed by atoms with E-state index in [1.165, 1.54) is 31.0 Å². The van der Waals surface area contributed by atoms with Crippen molar-refractivity contribution in [3.8, 4) is 0 Å². The number of nitrogens with zero attached hydrogens (tertiary/aromatic N) is 2. The summed E-state index contributed by atoms with van der Waals surface area (Å²) in [6.07, 6.45) is 5.67. The van der Waals surface area contributed by atoms with Gasteiger partial charge in [0.25, 0.3) is 5.56 Å². The molecule has 7 heteroatoms. The third-order valence-electron chi connectivity index (χ3n) is 4.90. The summed E-state index contributed by atoms with van der Waals surface area (Å²) in [6, 6.07) is 7.34. The first-order valence-electron chi connectivity index (χ1n) is 10.8. The first kappa shape index (κ1) is 24.4. The molecule has 0 spiro atoms. The number of unbranched alkanes of at least 4 members (excludes halogenated alkanes) is 3. The molecule has 1 atom stereocenters. The molecule has 1 aromatic carbocycles. The molecule has 1 heterocycles. The molecule has 0 radical (unpaired) electrons. The van der Waals surface area contributed by atoms with Crippen molar-refractivity contribution in [2.75, 3.05) is 19.5 Å². The summed E-state index contributed by atoms with van der Waals surface area (Å²) in [4.78, 5) is 30.0. The molecule has 0 saturated heterocycles. The van der Waals surface area contributed by atoms with Gasteiger partial charge in [0.15, 0.2) is 5.16 Å². The van der Waals surface area contributed by atoms with Crippen LogP contribution in [0.25, 0.3) is 10.9 Å². The molecule has 1 unspecified atom stereocenters. The third-order valence-corrected chi connectivity index (χ3v) is 5.87. The molecule has 1 N–H and O–H groups in total. The van der Waals surface area contributed by atoms with Crippen molar-refractivity contribution in [3.63, 3.8) is 0 Å². The molecule has 0 aliphatic rings. The van der Waals surface area contributed by atoms with E-state index in [9.17, 15) is 9.59 Å². The molecule has 2 rings (SSSR count). The topological polar surface area (TPSA) is 73.2 Å². The highest BCUT2D eigenvalue weighted by molar-refractivity contribution is 7.99. The first-order valence-corrected chi connectivity index (χ1v) is 11.8. The Hall–Kier alpha value is -1.86. The number of rotatable bonds is 13. The van der Waals surface area contributed by atoms with Crippen LogP contribution in [0.3, 0.4) is 0 Å². The second-order valence-electron chi connectivity index (χ2n) is 8.18. The summed E-state index contributed by atoms with van der Waals surface area (Å²) >= 11 is 1.32. The van der Waals surface area contributed by atoms with E-state index in [0.717, 1.165) is 18.8 Å². The zero-order chi connectivity index (χ0) is 21.9. The molecule has 0 bridgehead atoms. The number of nitrogens with one attached hydrogen (secondary N) is 1. The highest BCUT2D eigenvalue weighted by Gasteiger charge is 2.14. The van der Waals surface area contributed by atoms with Gasteiger partial charge in [0.2, 0.25) is 5.91 Å². The maximum Gasteiger partial charge on any atom is 0.262 e. The van der Waals surface area contributed by atoms with Gasteiger partial charge in [-0.3, -0.25) is 14.2 Å². The van der Waals surface area contributed by atoms with Crippen molar-refractivity contribution in [1.82, 2.24) is 14.9 Å². The van der Waals surface area contributed by atoms with Gasteiger partial charge in [-0.15, -0.1) is 0 Å². The number of amides is 1. The van der Waals surface area contributed by atoms with Gasteiger partial charge in [-0.25, -0.2) is 4.98 Å². The van der Waals surface area contributed by atoms with Crippen LogP contribution < -0.4 is 10.9 Å². The van der Waals surface area contributed by atoms with E-state index in [2.05, 4.69) is 24.1 Å². The van der Waals surface area contributed by atoms with Gasteiger partial charge in [-0.2, -0.15) is 0 Å². The predicted molar refractivity (Wildman–Crippen MR) is 124 cm³/mol. The van der Waals surface area contributed by atoms with Crippen LogP contribution in [0.15, 0.2) is 34.2 Å². The van der Waals surface area contributed by atoms with Gasteiger partial charge in [0, 0.05) is 19.7 Å². The summed E-state index contributed by atoms with van der Waals surface area (Å²) in [5.74, 6) is 0.859. The van der Waals surface area contributed by atoms with Crippen molar-refractivity contribution in [2.45, 2.75) is 70.6 Å². The Kier molecular flexibility index (Phi) is 10.4. The van der Waals surface area contributed by atoms with Crippen molar-refractivity contribution >= 4 is 28.6 Å². The molecule has 0 fully saturated rings. The maximum atomic E-state index is 13.1. The van der Waals surface area contributed by atoms with E-state index in [-0.39, 0.29) is 23.3 Å². The average Bonchev–Trinajstić information content (AvgIpc) is 2.70. The number of carbonyl (C=O) groups is 1. The van der Waals surface area contributed by atoms with Crippen LogP contribution in [0.4, 0.5) is 0 Å². The molecule has 0 saturated carbocycles. The predicted octanol–water partition coefficient (Wildman–Crippen LogP) is 4.25. The fourth-order valence-corrected chi connectivity index (χ4v) is 4.21. The minimum atomic E-state index is -0.0906. The summed E-state index contributed by atoms with van der Waals surface area (Å²) in [7, 11) is 1.61. The minimum absolute atomic E-state index is 0.0292. The van der Waals surface area contributed by atoms with Gasteiger partial charge < -0.3 is 10.1 Å². The highest BCUT2D eigenvalue weighted by Crippen LogP contribution is 2.19. The first-order chi connectivity index (χ1) is 14.4. The van der Waals surface area contributed by atoms with Crippen LogP contribution in [-0.4, -0.2) is 41.0 Å². The summed E-state index contributed by atoms with van der Waals surface area (Å²) in [6.45, 7) is 7.48. The number of fused-ring (bicyclic) bond motifs is 1. The van der Waals surface area contributed by atoms with E-state index in [4.69, 9.17) is 4.74 Å². The molecule has 0 aliphatic carbocycles. The van der Waals surface area contributed by atoms with Crippen molar-refractivity contribution in [2.24, 2.45) is 5.92 Å². The summed E-state index contributed by atoms with van der Waals surface area (Å²) in [5.41, 5.74) is 0.643. The van der Waals surface area contributed by atoms with Gasteiger partial charge >= 0.3 is 0 Å². The van der Waals surface area contributed by atoms with Crippen LogP contribution in [0.1, 0.15) is 52.9 Å². The summed E-state index contributed by atoms with van der Waals surface area (Å²) in [5, 5.41) is 4.13. The number of hydrogen-bond acceptors (Lipinski definition) is 5. The third kappa shape index (κ3) is 7.76. The lowest BCUT2D eigenvalue weighted by Crippen LogP contribution is -2.36. The molecule has 6 nitrogen and oxygen atoms in total. The number of carbonyl (C=O) groups excluding carboxylic acids is 1. The molecule has 2 aromatic rings. The SMILES string of the molecule is COCC(C)NC(=O)CSc1nc2ccccc2c(=O)n1CCCCCCC(C)C. The number of benzene rings is 1. The normalized spacial score (nSPS) is 12.4. The Bertz CT molecular complexity index is 866. The molecule has 0 aliphatic heterocycles. The van der Waals surface area contributed by atoms with Crippen molar-refractivity contribution in [3.05, 3.63) is 34.6 Å². The second kappa shape index (κ2) is 12.7. The average molecular weight is 434 g/mol. The number of ether oxygens (including phenoxy) is 1. The standard InChI is InChI=1S/C23H35N3O3S/c1-17(2)11-7-5-6-10-14-26-22(28)19-12-8-9-13-20(19)25-23(26)30-16-21(27)24-18(3)15-29-4/h8-9,12-13,17-18H,5-7,10-11,14-16H2,1-4H3,(H,24,27).